The van der Waals surface area contributed by atoms with Gasteiger partial charge in [0.25, 0.3) is 0 Å². The Bertz CT molecular complexity index is 1660. The van der Waals surface area contributed by atoms with Gasteiger partial charge in [0.15, 0.2) is 0 Å². The first-order valence-corrected chi connectivity index (χ1v) is 14.5. The zero-order valence-electron chi connectivity index (χ0n) is 26.5. The second-order valence-corrected chi connectivity index (χ2v) is 11.3. The van der Waals surface area contributed by atoms with Crippen LogP contribution in [0.15, 0.2) is 120 Å². The Kier molecular flexibility index (Phi) is 10.0. The molecular formula is C37H41F2N5. The predicted molar refractivity (Wildman–Crippen MR) is 182 cm³/mol. The van der Waals surface area contributed by atoms with E-state index in [1.807, 2.05) is 95.4 Å². The van der Waals surface area contributed by atoms with Crippen LogP contribution < -0.4 is 10.2 Å². The van der Waals surface area contributed by atoms with E-state index in [4.69, 9.17) is 4.99 Å². The highest BCUT2D eigenvalue weighted by atomic mass is 19.1. The summed E-state index contributed by atoms with van der Waals surface area (Å²) < 4.78 is 30.1. The maximum atomic E-state index is 15.1. The number of aliphatic imine (C=N–C) groups is 1. The summed E-state index contributed by atoms with van der Waals surface area (Å²) in [5.74, 6) is -0.795. The third kappa shape index (κ3) is 7.24. The number of aryl methyl sites for hydroxylation is 2. The number of hydrogen-bond acceptors (Lipinski definition) is 5. The molecule has 1 aliphatic heterocycles. The van der Waals surface area contributed by atoms with Crippen LogP contribution in [0.5, 0.6) is 0 Å². The monoisotopic (exact) mass is 593 g/mol. The molecule has 0 bridgehead atoms. The minimum atomic E-state index is -0.678. The molecule has 1 N–H and O–H groups in total. The molecule has 0 fully saturated rings. The van der Waals surface area contributed by atoms with Crippen molar-refractivity contribution >= 4 is 22.8 Å². The lowest BCUT2D eigenvalue weighted by Gasteiger charge is -2.32. The van der Waals surface area contributed by atoms with Gasteiger partial charge in [-0.3, -0.25) is 0 Å². The highest BCUT2D eigenvalue weighted by Crippen LogP contribution is 2.36. The van der Waals surface area contributed by atoms with Crippen LogP contribution in [0.3, 0.4) is 0 Å². The van der Waals surface area contributed by atoms with Crippen LogP contribution >= 0.6 is 0 Å². The first kappa shape index (κ1) is 32.2. The Hall–Kier alpha value is -4.75. The second kappa shape index (κ2) is 13.7. The molecule has 3 aromatic rings. The lowest BCUT2D eigenvalue weighted by Crippen LogP contribution is -2.29. The van der Waals surface area contributed by atoms with Crippen LogP contribution in [0.25, 0.3) is 5.70 Å². The molecule has 0 saturated heterocycles. The van der Waals surface area contributed by atoms with Crippen LogP contribution in [-0.2, 0) is 0 Å². The molecule has 1 heterocycles. The lowest BCUT2D eigenvalue weighted by molar-refractivity contribution is 0.325. The fourth-order valence-electron chi connectivity index (χ4n) is 4.88. The largest absolute Gasteiger partial charge is 0.359 e. The average molecular weight is 594 g/mol. The Labute approximate surface area is 260 Å². The lowest BCUT2D eigenvalue weighted by atomic mass is 9.92. The zero-order chi connectivity index (χ0) is 32.1. The SMILES string of the molecule is C=C(Nc1ccc(C)cc1)c1ccc(C)c(/C(=N/C(=C)N(C)CCN(C)C)C2=C(C)N(c3c(F)cccc3F)C(=C)C=C2)c1. The van der Waals surface area contributed by atoms with Crippen molar-refractivity contribution in [3.05, 3.63) is 149 Å². The molecule has 228 valence electrons. The van der Waals surface area contributed by atoms with Crippen LogP contribution in [0, 0.1) is 25.5 Å². The standard InChI is InChI=1S/C37H41F2N5/c1-24-13-18-31(19-14-24)40-27(4)30-17-15-25(2)33(23-30)36(41-29(6)43(9)22-21-42(7)8)32-20-16-26(3)44(28(32)5)37-34(38)11-10-12-35(37)39/h10-20,23,40H,3-4,6,21-22H2,1-2,5,7-9H3/b41-36+. The van der Waals surface area contributed by atoms with Gasteiger partial charge in [-0.25, -0.2) is 13.8 Å². The van der Waals surface area contributed by atoms with E-state index in [1.54, 1.807) is 6.08 Å². The van der Waals surface area contributed by atoms with E-state index in [0.717, 1.165) is 41.2 Å². The summed E-state index contributed by atoms with van der Waals surface area (Å²) in [6.07, 6.45) is 3.64. The topological polar surface area (TPSA) is 34.1 Å². The van der Waals surface area contributed by atoms with E-state index >= 15 is 8.78 Å². The Morgan fingerprint density at radius 2 is 1.55 bits per heavy atom. The van der Waals surface area contributed by atoms with Gasteiger partial charge in [-0.15, -0.1) is 0 Å². The maximum Gasteiger partial charge on any atom is 0.150 e. The minimum absolute atomic E-state index is 0.181. The number of benzene rings is 3. The van der Waals surface area contributed by atoms with Crippen molar-refractivity contribution in [2.45, 2.75) is 20.8 Å². The number of halogens is 2. The molecule has 0 aromatic heterocycles. The molecule has 0 aliphatic carbocycles. The van der Waals surface area contributed by atoms with E-state index < -0.39 is 11.6 Å². The quantitative estimate of drug-likeness (QED) is 0.227. The number of allylic oxidation sites excluding steroid dienone is 4. The van der Waals surface area contributed by atoms with Gasteiger partial charge < -0.3 is 20.0 Å². The van der Waals surface area contributed by atoms with Crippen molar-refractivity contribution in [1.82, 2.24) is 9.80 Å². The minimum Gasteiger partial charge on any atom is -0.359 e. The molecule has 5 nitrogen and oxygen atoms in total. The summed E-state index contributed by atoms with van der Waals surface area (Å²) in [5.41, 5.74) is 7.70. The van der Waals surface area contributed by atoms with Gasteiger partial charge in [-0.05, 0) is 88.5 Å². The van der Waals surface area contributed by atoms with E-state index in [-0.39, 0.29) is 5.69 Å². The summed E-state index contributed by atoms with van der Waals surface area (Å²) in [7, 11) is 5.98. The van der Waals surface area contributed by atoms with Gasteiger partial charge in [0, 0.05) is 54.1 Å². The van der Waals surface area contributed by atoms with Crippen LogP contribution in [0.4, 0.5) is 20.2 Å². The number of rotatable bonds is 11. The van der Waals surface area contributed by atoms with Crippen molar-refractivity contribution in [1.29, 1.82) is 0 Å². The molecular weight excluding hydrogens is 552 g/mol. The van der Waals surface area contributed by atoms with E-state index in [1.165, 1.54) is 28.7 Å². The van der Waals surface area contributed by atoms with Crippen LogP contribution in [0.2, 0.25) is 0 Å². The summed E-state index contributed by atoms with van der Waals surface area (Å²) >= 11 is 0. The van der Waals surface area contributed by atoms with Crippen molar-refractivity contribution in [3.63, 3.8) is 0 Å². The molecule has 0 unspecified atom stereocenters. The van der Waals surface area contributed by atoms with Crippen molar-refractivity contribution in [2.24, 2.45) is 4.99 Å². The number of nitrogens with zero attached hydrogens (tertiary/aromatic N) is 4. The van der Waals surface area contributed by atoms with Gasteiger partial charge in [-0.1, -0.05) is 55.6 Å². The smallest absolute Gasteiger partial charge is 0.150 e. The number of hydrogen-bond donors (Lipinski definition) is 1. The first-order valence-electron chi connectivity index (χ1n) is 14.5. The predicted octanol–water partition coefficient (Wildman–Crippen LogP) is 8.28. The normalized spacial score (nSPS) is 13.5. The number of nitrogens with one attached hydrogen (secondary N) is 1. The Morgan fingerprint density at radius 1 is 0.886 bits per heavy atom. The maximum absolute atomic E-state index is 15.1. The summed E-state index contributed by atoms with van der Waals surface area (Å²) in [5, 5.41) is 3.40. The Balaban J connectivity index is 1.85. The number of likely N-dealkylation sites (N-methyl/N-ethyl adjacent to an activating group) is 2. The van der Waals surface area contributed by atoms with Gasteiger partial charge in [-0.2, -0.15) is 0 Å². The molecule has 0 saturated carbocycles. The number of anilines is 2. The third-order valence-electron chi connectivity index (χ3n) is 7.62. The molecule has 0 amide bonds. The van der Waals surface area contributed by atoms with Gasteiger partial charge in [0.05, 0.1) is 5.71 Å². The van der Waals surface area contributed by atoms with Crippen molar-refractivity contribution in [2.75, 3.05) is 44.4 Å². The summed E-state index contributed by atoms with van der Waals surface area (Å²) in [6, 6.07) is 18.0. The summed E-state index contributed by atoms with van der Waals surface area (Å²) in [4.78, 5) is 10.7. The third-order valence-corrected chi connectivity index (χ3v) is 7.62. The van der Waals surface area contributed by atoms with Crippen molar-refractivity contribution in [3.8, 4) is 0 Å². The van der Waals surface area contributed by atoms with Crippen LogP contribution in [-0.4, -0.2) is 49.7 Å². The second-order valence-electron chi connectivity index (χ2n) is 11.3. The molecule has 7 heteroatoms. The molecule has 3 aromatic carbocycles. The molecule has 0 spiro atoms. The molecule has 4 rings (SSSR count). The molecule has 1 aliphatic rings. The first-order chi connectivity index (χ1) is 20.9. The fraction of sp³-hybridized carbons (Fsp3) is 0.216. The molecule has 0 atom stereocenters. The van der Waals surface area contributed by atoms with Gasteiger partial charge in [0.2, 0.25) is 0 Å². The highest BCUT2D eigenvalue weighted by molar-refractivity contribution is 6.17. The average Bonchev–Trinajstić information content (AvgIpc) is 2.97. The van der Waals surface area contributed by atoms with E-state index in [9.17, 15) is 0 Å². The highest BCUT2D eigenvalue weighted by Gasteiger charge is 2.27. The van der Waals surface area contributed by atoms with Crippen molar-refractivity contribution < 1.29 is 8.78 Å². The zero-order valence-corrected chi connectivity index (χ0v) is 26.5. The van der Waals surface area contributed by atoms with Crippen LogP contribution in [0.1, 0.15) is 29.2 Å². The van der Waals surface area contributed by atoms with Gasteiger partial charge in [0.1, 0.15) is 23.1 Å². The summed E-state index contributed by atoms with van der Waals surface area (Å²) in [6.45, 7) is 20.1. The molecule has 44 heavy (non-hydrogen) atoms. The van der Waals surface area contributed by atoms with E-state index in [2.05, 4.69) is 30.0 Å². The fourth-order valence-corrected chi connectivity index (χ4v) is 4.88. The molecule has 0 radical (unpaired) electrons. The van der Waals surface area contributed by atoms with E-state index in [0.29, 0.717) is 28.5 Å². The number of para-hydroxylation sites is 1. The Morgan fingerprint density at radius 3 is 2.18 bits per heavy atom. The van der Waals surface area contributed by atoms with Gasteiger partial charge >= 0.3 is 0 Å².